The van der Waals surface area contributed by atoms with Gasteiger partial charge in [-0.25, -0.2) is 0 Å². The van der Waals surface area contributed by atoms with E-state index in [2.05, 4.69) is 61.0 Å². The number of halogens is 1. The molecule has 0 aromatic heterocycles. The standard InChI is InChI=1S/C15H25BrN4/c16-15-3-1-14(2-4-15)13-20-11-9-18-7-5-17-6-8-19-10-12-20/h1-4,17-19H,5-13H2. The Bertz CT molecular complexity index is 357. The third-order valence-corrected chi connectivity index (χ3v) is 4.01. The van der Waals surface area contributed by atoms with Crippen LogP contribution in [0.1, 0.15) is 5.56 Å². The monoisotopic (exact) mass is 340 g/mol. The van der Waals surface area contributed by atoms with Crippen molar-refractivity contribution < 1.29 is 0 Å². The third-order valence-electron chi connectivity index (χ3n) is 3.49. The van der Waals surface area contributed by atoms with Crippen molar-refractivity contribution in [3.05, 3.63) is 34.3 Å². The molecule has 1 fully saturated rings. The highest BCUT2D eigenvalue weighted by molar-refractivity contribution is 9.10. The summed E-state index contributed by atoms with van der Waals surface area (Å²) in [6.45, 7) is 9.52. The molecule has 0 saturated carbocycles. The summed E-state index contributed by atoms with van der Waals surface area (Å²) in [5, 5.41) is 10.4. The molecule has 4 nitrogen and oxygen atoms in total. The van der Waals surface area contributed by atoms with E-state index in [1.807, 2.05) is 0 Å². The molecule has 1 aromatic rings. The zero-order valence-corrected chi connectivity index (χ0v) is 13.6. The summed E-state index contributed by atoms with van der Waals surface area (Å²) in [6, 6.07) is 8.64. The average Bonchev–Trinajstić information content (AvgIpc) is 2.44. The summed E-state index contributed by atoms with van der Waals surface area (Å²) in [5.41, 5.74) is 1.38. The van der Waals surface area contributed by atoms with Crippen LogP contribution in [0.4, 0.5) is 0 Å². The average molecular weight is 341 g/mol. The molecule has 1 aromatic carbocycles. The molecule has 112 valence electrons. The Morgan fingerprint density at radius 3 is 1.85 bits per heavy atom. The van der Waals surface area contributed by atoms with Gasteiger partial charge in [-0.3, -0.25) is 4.90 Å². The summed E-state index contributed by atoms with van der Waals surface area (Å²) in [5.74, 6) is 0. The van der Waals surface area contributed by atoms with Crippen molar-refractivity contribution in [1.82, 2.24) is 20.9 Å². The molecular weight excluding hydrogens is 316 g/mol. The van der Waals surface area contributed by atoms with E-state index in [0.29, 0.717) is 0 Å². The lowest BCUT2D eigenvalue weighted by Crippen LogP contribution is -2.41. The van der Waals surface area contributed by atoms with Gasteiger partial charge >= 0.3 is 0 Å². The number of hydrogen-bond donors (Lipinski definition) is 3. The van der Waals surface area contributed by atoms with E-state index in [9.17, 15) is 0 Å². The van der Waals surface area contributed by atoms with E-state index in [1.165, 1.54) is 5.56 Å². The minimum atomic E-state index is 1.02. The fourth-order valence-electron chi connectivity index (χ4n) is 2.32. The number of benzene rings is 1. The molecule has 20 heavy (non-hydrogen) atoms. The first kappa shape index (κ1) is 15.9. The van der Waals surface area contributed by atoms with E-state index in [1.54, 1.807) is 0 Å². The first-order chi connectivity index (χ1) is 9.84. The van der Waals surface area contributed by atoms with Crippen LogP contribution in [0.2, 0.25) is 0 Å². The van der Waals surface area contributed by atoms with Gasteiger partial charge in [0, 0.05) is 63.4 Å². The van der Waals surface area contributed by atoms with Gasteiger partial charge in [0.2, 0.25) is 0 Å². The van der Waals surface area contributed by atoms with Crippen LogP contribution < -0.4 is 16.0 Å². The molecular formula is C15H25BrN4. The quantitative estimate of drug-likeness (QED) is 0.752. The zero-order chi connectivity index (χ0) is 14.0. The lowest BCUT2D eigenvalue weighted by molar-refractivity contribution is 0.263. The van der Waals surface area contributed by atoms with Gasteiger partial charge in [-0.2, -0.15) is 0 Å². The molecule has 0 bridgehead atoms. The summed E-state index contributed by atoms with van der Waals surface area (Å²) in [7, 11) is 0. The van der Waals surface area contributed by atoms with Gasteiger partial charge in [-0.15, -0.1) is 0 Å². The van der Waals surface area contributed by atoms with Gasteiger partial charge in [0.1, 0.15) is 0 Å². The highest BCUT2D eigenvalue weighted by atomic mass is 79.9. The maximum absolute atomic E-state index is 3.50. The number of hydrogen-bond acceptors (Lipinski definition) is 4. The Labute approximate surface area is 130 Å². The van der Waals surface area contributed by atoms with Crippen molar-refractivity contribution >= 4 is 15.9 Å². The second kappa shape index (κ2) is 9.47. The number of rotatable bonds is 2. The van der Waals surface area contributed by atoms with Gasteiger partial charge in [-0.1, -0.05) is 28.1 Å². The minimum absolute atomic E-state index is 1.02. The molecule has 2 rings (SSSR count). The van der Waals surface area contributed by atoms with E-state index >= 15 is 0 Å². The van der Waals surface area contributed by atoms with Crippen LogP contribution in [0, 0.1) is 0 Å². The van der Waals surface area contributed by atoms with Gasteiger partial charge in [0.15, 0.2) is 0 Å². The SMILES string of the molecule is Brc1ccc(CN2CCNCCNCCNCC2)cc1. The van der Waals surface area contributed by atoms with E-state index in [4.69, 9.17) is 0 Å². The van der Waals surface area contributed by atoms with Gasteiger partial charge in [-0.05, 0) is 17.7 Å². The van der Waals surface area contributed by atoms with Crippen LogP contribution in [0.5, 0.6) is 0 Å². The Morgan fingerprint density at radius 2 is 1.30 bits per heavy atom. The molecule has 0 unspecified atom stereocenters. The lowest BCUT2D eigenvalue weighted by atomic mass is 10.2. The maximum atomic E-state index is 3.50. The Morgan fingerprint density at radius 1 is 0.800 bits per heavy atom. The van der Waals surface area contributed by atoms with Crippen molar-refractivity contribution in [2.75, 3.05) is 52.4 Å². The summed E-state index contributed by atoms with van der Waals surface area (Å²) >= 11 is 3.49. The normalized spacial score (nSPS) is 20.1. The number of nitrogens with one attached hydrogen (secondary N) is 3. The fourth-order valence-corrected chi connectivity index (χ4v) is 2.59. The molecule has 0 aliphatic carbocycles. The predicted octanol–water partition coefficient (Wildman–Crippen LogP) is 1.03. The van der Waals surface area contributed by atoms with Crippen LogP contribution in [0.15, 0.2) is 28.7 Å². The minimum Gasteiger partial charge on any atom is -0.314 e. The first-order valence-corrected chi connectivity index (χ1v) is 8.23. The Kier molecular flexibility index (Phi) is 7.54. The summed E-state index contributed by atoms with van der Waals surface area (Å²) in [6.07, 6.45) is 0. The second-order valence-electron chi connectivity index (χ2n) is 5.15. The molecule has 0 amide bonds. The Hall–Kier alpha value is -0.460. The maximum Gasteiger partial charge on any atom is 0.0234 e. The zero-order valence-electron chi connectivity index (χ0n) is 12.0. The third kappa shape index (κ3) is 6.33. The number of nitrogens with zero attached hydrogens (tertiary/aromatic N) is 1. The predicted molar refractivity (Wildman–Crippen MR) is 88.0 cm³/mol. The molecule has 1 aliphatic rings. The Balaban J connectivity index is 1.83. The van der Waals surface area contributed by atoms with E-state index in [-0.39, 0.29) is 0 Å². The fraction of sp³-hybridized carbons (Fsp3) is 0.600. The second-order valence-corrected chi connectivity index (χ2v) is 6.07. The molecule has 1 saturated heterocycles. The van der Waals surface area contributed by atoms with Crippen LogP contribution in [-0.2, 0) is 6.54 Å². The van der Waals surface area contributed by atoms with Crippen LogP contribution >= 0.6 is 15.9 Å². The van der Waals surface area contributed by atoms with Gasteiger partial charge in [0.25, 0.3) is 0 Å². The largest absolute Gasteiger partial charge is 0.314 e. The molecule has 0 spiro atoms. The topological polar surface area (TPSA) is 39.3 Å². The molecule has 0 radical (unpaired) electrons. The van der Waals surface area contributed by atoms with E-state index < -0.39 is 0 Å². The van der Waals surface area contributed by atoms with Crippen LogP contribution in [-0.4, -0.2) is 57.3 Å². The highest BCUT2D eigenvalue weighted by Crippen LogP contribution is 2.12. The summed E-state index contributed by atoms with van der Waals surface area (Å²) in [4.78, 5) is 2.51. The van der Waals surface area contributed by atoms with Crippen molar-refractivity contribution in [2.24, 2.45) is 0 Å². The molecule has 1 heterocycles. The van der Waals surface area contributed by atoms with E-state index in [0.717, 1.165) is 63.4 Å². The van der Waals surface area contributed by atoms with Crippen molar-refractivity contribution in [3.8, 4) is 0 Å². The molecule has 0 atom stereocenters. The van der Waals surface area contributed by atoms with Crippen molar-refractivity contribution in [1.29, 1.82) is 0 Å². The summed E-state index contributed by atoms with van der Waals surface area (Å²) < 4.78 is 1.14. The van der Waals surface area contributed by atoms with Crippen molar-refractivity contribution in [2.45, 2.75) is 6.54 Å². The van der Waals surface area contributed by atoms with Crippen LogP contribution in [0.25, 0.3) is 0 Å². The molecule has 1 aliphatic heterocycles. The highest BCUT2D eigenvalue weighted by Gasteiger charge is 2.06. The molecule has 3 N–H and O–H groups in total. The van der Waals surface area contributed by atoms with Gasteiger partial charge < -0.3 is 16.0 Å². The van der Waals surface area contributed by atoms with Gasteiger partial charge in [0.05, 0.1) is 0 Å². The van der Waals surface area contributed by atoms with Crippen molar-refractivity contribution in [3.63, 3.8) is 0 Å². The van der Waals surface area contributed by atoms with Crippen LogP contribution in [0.3, 0.4) is 0 Å². The molecule has 5 heteroatoms. The smallest absolute Gasteiger partial charge is 0.0234 e. The lowest BCUT2D eigenvalue weighted by Gasteiger charge is -2.23. The first-order valence-electron chi connectivity index (χ1n) is 7.43.